The zero-order valence-corrected chi connectivity index (χ0v) is 20.9. The van der Waals surface area contributed by atoms with Crippen molar-refractivity contribution in [3.05, 3.63) is 65.1 Å². The Balaban J connectivity index is 1.63. The number of hydrogen-bond donors (Lipinski definition) is 0. The summed E-state index contributed by atoms with van der Waals surface area (Å²) in [7, 11) is 3.25. The van der Waals surface area contributed by atoms with Gasteiger partial charge in [-0.3, -0.25) is 0 Å². The van der Waals surface area contributed by atoms with E-state index < -0.39 is 0 Å². The molecule has 7 nitrogen and oxygen atoms in total. The molecule has 8 heteroatoms. The molecule has 0 saturated carbocycles. The lowest BCUT2D eigenvalue weighted by Gasteiger charge is -2.12. The molecular formula is C27H27N5O2S. The van der Waals surface area contributed by atoms with Gasteiger partial charge in [0.2, 0.25) is 0 Å². The summed E-state index contributed by atoms with van der Waals surface area (Å²) < 4.78 is 12.7. The molecule has 0 N–H and O–H groups in total. The molecule has 3 heterocycles. The van der Waals surface area contributed by atoms with Crippen molar-refractivity contribution in [1.29, 1.82) is 0 Å². The van der Waals surface area contributed by atoms with Gasteiger partial charge in [-0.25, -0.2) is 4.68 Å². The topological polar surface area (TPSA) is 75.0 Å². The summed E-state index contributed by atoms with van der Waals surface area (Å²) in [6.07, 6.45) is 6.11. The standard InChI is InChI=1S/C27H27N5O2S/c1-4-5-6-7-23-27(21-14-18(20-12-13-35-17-20)8-10-22(21)28-29-23)32-16-24(30-31-32)19-9-11-25(33-2)26(15-19)34-3/h8-17H,4-7H2,1-3H3. The van der Waals surface area contributed by atoms with Crippen molar-refractivity contribution in [3.63, 3.8) is 0 Å². The molecule has 35 heavy (non-hydrogen) atoms. The van der Waals surface area contributed by atoms with E-state index in [0.717, 1.165) is 64.8 Å². The van der Waals surface area contributed by atoms with Crippen LogP contribution < -0.4 is 9.47 Å². The zero-order chi connectivity index (χ0) is 24.2. The van der Waals surface area contributed by atoms with E-state index in [4.69, 9.17) is 9.47 Å². The maximum absolute atomic E-state index is 5.47. The molecule has 0 amide bonds. The van der Waals surface area contributed by atoms with Crippen LogP contribution in [0.4, 0.5) is 0 Å². The molecule has 0 spiro atoms. The van der Waals surface area contributed by atoms with Crippen LogP contribution in [0.15, 0.2) is 59.4 Å². The van der Waals surface area contributed by atoms with Crippen LogP contribution in [-0.4, -0.2) is 39.4 Å². The van der Waals surface area contributed by atoms with Gasteiger partial charge in [0.05, 0.1) is 37.3 Å². The molecule has 0 fully saturated rings. The average molecular weight is 486 g/mol. The third-order valence-corrected chi connectivity index (χ3v) is 6.76. The number of fused-ring (bicyclic) bond motifs is 1. The molecule has 0 radical (unpaired) electrons. The van der Waals surface area contributed by atoms with Crippen molar-refractivity contribution in [2.45, 2.75) is 32.6 Å². The number of aromatic nitrogens is 5. The monoisotopic (exact) mass is 485 g/mol. The molecule has 0 bridgehead atoms. The number of thiophene rings is 1. The highest BCUT2D eigenvalue weighted by Crippen LogP contribution is 2.33. The van der Waals surface area contributed by atoms with Gasteiger partial charge in [0, 0.05) is 10.9 Å². The lowest BCUT2D eigenvalue weighted by molar-refractivity contribution is 0.355. The first-order valence-corrected chi connectivity index (χ1v) is 12.6. The smallest absolute Gasteiger partial charge is 0.161 e. The molecule has 0 atom stereocenters. The summed E-state index contributed by atoms with van der Waals surface area (Å²) in [5, 5.41) is 23.4. The summed E-state index contributed by atoms with van der Waals surface area (Å²) in [5.41, 5.74) is 6.67. The number of ether oxygens (including phenoxy) is 2. The maximum atomic E-state index is 5.47. The molecule has 5 aromatic rings. The number of rotatable bonds is 9. The molecule has 0 aliphatic heterocycles. The van der Waals surface area contributed by atoms with E-state index in [1.54, 1.807) is 25.6 Å². The summed E-state index contributed by atoms with van der Waals surface area (Å²) in [5.74, 6) is 1.32. The number of methoxy groups -OCH3 is 2. The minimum Gasteiger partial charge on any atom is -0.493 e. The predicted octanol–water partition coefficient (Wildman–Crippen LogP) is 6.36. The summed E-state index contributed by atoms with van der Waals surface area (Å²) >= 11 is 1.69. The first-order chi connectivity index (χ1) is 17.2. The molecule has 0 aliphatic rings. The Bertz CT molecular complexity index is 1450. The quantitative estimate of drug-likeness (QED) is 0.226. The summed E-state index contributed by atoms with van der Waals surface area (Å²) in [6.45, 7) is 2.20. The fourth-order valence-electron chi connectivity index (χ4n) is 4.21. The normalized spacial score (nSPS) is 11.2. The Morgan fingerprint density at radius 3 is 2.49 bits per heavy atom. The van der Waals surface area contributed by atoms with E-state index in [1.165, 1.54) is 5.56 Å². The van der Waals surface area contributed by atoms with Crippen molar-refractivity contribution in [2.75, 3.05) is 14.2 Å². The predicted molar refractivity (Wildman–Crippen MR) is 140 cm³/mol. The van der Waals surface area contributed by atoms with Crippen LogP contribution in [0.25, 0.3) is 39.0 Å². The Labute approximate surface area is 208 Å². The summed E-state index contributed by atoms with van der Waals surface area (Å²) in [6, 6.07) is 14.2. The van der Waals surface area contributed by atoms with Gasteiger partial charge in [-0.15, -0.1) is 5.10 Å². The highest BCUT2D eigenvalue weighted by molar-refractivity contribution is 7.08. The number of unbranched alkanes of at least 4 members (excludes halogenated alkanes) is 2. The zero-order valence-electron chi connectivity index (χ0n) is 20.1. The van der Waals surface area contributed by atoms with Gasteiger partial charge in [-0.05, 0) is 71.1 Å². The van der Waals surface area contributed by atoms with Crippen molar-refractivity contribution >= 4 is 22.2 Å². The highest BCUT2D eigenvalue weighted by atomic mass is 32.1. The van der Waals surface area contributed by atoms with Crippen LogP contribution in [0.1, 0.15) is 31.9 Å². The van der Waals surface area contributed by atoms with Gasteiger partial charge in [0.1, 0.15) is 5.69 Å². The Hall–Kier alpha value is -3.78. The van der Waals surface area contributed by atoms with Crippen molar-refractivity contribution in [3.8, 4) is 39.6 Å². The molecule has 2 aromatic carbocycles. The second-order valence-electron chi connectivity index (χ2n) is 8.31. The fourth-order valence-corrected chi connectivity index (χ4v) is 4.87. The number of aryl methyl sites for hydroxylation is 1. The van der Waals surface area contributed by atoms with Crippen molar-refractivity contribution < 1.29 is 9.47 Å². The van der Waals surface area contributed by atoms with E-state index >= 15 is 0 Å². The first kappa shape index (κ1) is 23.0. The SMILES string of the molecule is CCCCCc1nnc2ccc(-c3ccsc3)cc2c1-n1cc(-c2ccc(OC)c(OC)c2)nn1. The fraction of sp³-hybridized carbons (Fsp3) is 0.259. The Kier molecular flexibility index (Phi) is 6.72. The van der Waals surface area contributed by atoms with Gasteiger partial charge < -0.3 is 9.47 Å². The van der Waals surface area contributed by atoms with E-state index in [-0.39, 0.29) is 0 Å². The minimum absolute atomic E-state index is 0.649. The summed E-state index contributed by atoms with van der Waals surface area (Å²) in [4.78, 5) is 0. The molecule has 0 saturated heterocycles. The van der Waals surface area contributed by atoms with E-state index in [0.29, 0.717) is 11.5 Å². The molecular weight excluding hydrogens is 458 g/mol. The van der Waals surface area contributed by atoms with Crippen LogP contribution >= 0.6 is 11.3 Å². The van der Waals surface area contributed by atoms with E-state index in [1.807, 2.05) is 35.1 Å². The number of nitrogens with zero attached hydrogens (tertiary/aromatic N) is 5. The van der Waals surface area contributed by atoms with Gasteiger partial charge in [0.25, 0.3) is 0 Å². The van der Waals surface area contributed by atoms with Crippen LogP contribution in [0.5, 0.6) is 11.5 Å². The molecule has 178 valence electrons. The first-order valence-electron chi connectivity index (χ1n) is 11.7. The van der Waals surface area contributed by atoms with Gasteiger partial charge >= 0.3 is 0 Å². The molecule has 0 aliphatic carbocycles. The maximum Gasteiger partial charge on any atom is 0.161 e. The van der Waals surface area contributed by atoms with E-state index in [2.05, 4.69) is 56.4 Å². The number of hydrogen-bond acceptors (Lipinski definition) is 7. The van der Waals surface area contributed by atoms with Gasteiger partial charge in [0.15, 0.2) is 11.5 Å². The molecule has 5 rings (SSSR count). The molecule has 0 unspecified atom stereocenters. The second kappa shape index (κ2) is 10.2. The largest absolute Gasteiger partial charge is 0.493 e. The Morgan fingerprint density at radius 2 is 1.71 bits per heavy atom. The second-order valence-corrected chi connectivity index (χ2v) is 9.09. The van der Waals surface area contributed by atoms with Crippen LogP contribution in [0.2, 0.25) is 0 Å². The van der Waals surface area contributed by atoms with Crippen molar-refractivity contribution in [2.24, 2.45) is 0 Å². The highest BCUT2D eigenvalue weighted by Gasteiger charge is 2.17. The van der Waals surface area contributed by atoms with Gasteiger partial charge in [-0.1, -0.05) is 31.0 Å². The number of benzene rings is 2. The van der Waals surface area contributed by atoms with E-state index in [9.17, 15) is 0 Å². The van der Waals surface area contributed by atoms with Crippen molar-refractivity contribution in [1.82, 2.24) is 25.2 Å². The Morgan fingerprint density at radius 1 is 0.857 bits per heavy atom. The minimum atomic E-state index is 0.649. The van der Waals surface area contributed by atoms with Gasteiger partial charge in [-0.2, -0.15) is 21.5 Å². The third-order valence-electron chi connectivity index (χ3n) is 6.08. The lowest BCUT2D eigenvalue weighted by Crippen LogP contribution is -2.06. The average Bonchev–Trinajstić information content (AvgIpc) is 3.61. The molecule has 3 aromatic heterocycles. The van der Waals surface area contributed by atoms with Crippen LogP contribution in [0.3, 0.4) is 0 Å². The van der Waals surface area contributed by atoms with Crippen LogP contribution in [-0.2, 0) is 6.42 Å². The lowest BCUT2D eigenvalue weighted by atomic mass is 10.0. The third kappa shape index (κ3) is 4.61. The van der Waals surface area contributed by atoms with Crippen LogP contribution in [0, 0.1) is 0 Å².